The summed E-state index contributed by atoms with van der Waals surface area (Å²) in [5.74, 6) is 0.463. The number of amides is 4. The van der Waals surface area contributed by atoms with Crippen molar-refractivity contribution in [1.82, 2.24) is 0 Å². The molecule has 0 atom stereocenters. The van der Waals surface area contributed by atoms with E-state index in [1.165, 1.54) is 33.8 Å². The molecule has 46 heavy (non-hydrogen) atoms. The molecule has 0 radical (unpaired) electrons. The van der Waals surface area contributed by atoms with Gasteiger partial charge in [0.05, 0.1) is 37.0 Å². The largest absolute Gasteiger partial charge is 0.496 e. The van der Waals surface area contributed by atoms with Crippen LogP contribution in [-0.2, 0) is 0 Å². The maximum absolute atomic E-state index is 13.5. The predicted octanol–water partition coefficient (Wildman–Crippen LogP) is 8.18. The summed E-state index contributed by atoms with van der Waals surface area (Å²) in [5.41, 5.74) is 2.95. The van der Waals surface area contributed by atoms with Gasteiger partial charge in [-0.2, -0.15) is 0 Å². The van der Waals surface area contributed by atoms with Gasteiger partial charge in [-0.15, -0.1) is 0 Å². The molecule has 0 bridgehead atoms. The van der Waals surface area contributed by atoms with Gasteiger partial charge < -0.3 is 9.47 Å². The van der Waals surface area contributed by atoms with E-state index in [1.54, 1.807) is 84.9 Å². The monoisotopic (exact) mass is 688 g/mol. The van der Waals surface area contributed by atoms with Crippen LogP contribution in [0.4, 0.5) is 32.3 Å². The summed E-state index contributed by atoms with van der Waals surface area (Å²) in [4.78, 5) is 32.0. The molecule has 0 aromatic heterocycles. The maximum atomic E-state index is 13.5. The summed E-state index contributed by atoms with van der Waals surface area (Å²) < 4.78 is 11.4. The fourth-order valence-corrected chi connectivity index (χ4v) is 5.97. The van der Waals surface area contributed by atoms with Crippen molar-refractivity contribution in [1.29, 1.82) is 10.8 Å². The van der Waals surface area contributed by atoms with Crippen LogP contribution in [0.3, 0.4) is 0 Å². The zero-order chi connectivity index (χ0) is 32.9. The molecule has 2 heterocycles. The first kappa shape index (κ1) is 31.1. The maximum Gasteiger partial charge on any atom is 0.340 e. The SMILES string of the molecule is COc1cc(N2C(=N)C(=S)N(c3ccc(Cl)cc3)C2=O)ccc1-c1ccc(N2C(=N)C(=S)N(c3ccc(Cl)cc3)C2=O)cc1OC. The number of nitrogens with zero attached hydrogens (tertiary/aromatic N) is 4. The van der Waals surface area contributed by atoms with Crippen LogP contribution in [-0.4, -0.2) is 47.9 Å². The van der Waals surface area contributed by atoms with E-state index in [0.717, 1.165) is 0 Å². The van der Waals surface area contributed by atoms with Crippen LogP contribution in [0.1, 0.15) is 0 Å². The molecule has 230 valence electrons. The minimum atomic E-state index is -0.516. The summed E-state index contributed by atoms with van der Waals surface area (Å²) in [6.07, 6.45) is 0. The van der Waals surface area contributed by atoms with Crippen LogP contribution in [0.2, 0.25) is 10.0 Å². The Morgan fingerprint density at radius 2 is 0.870 bits per heavy atom. The number of halogens is 2. The molecule has 4 aromatic rings. The van der Waals surface area contributed by atoms with E-state index in [9.17, 15) is 9.59 Å². The minimum Gasteiger partial charge on any atom is -0.496 e. The molecule has 2 saturated heterocycles. The fourth-order valence-electron chi connectivity index (χ4n) is 5.17. The number of ether oxygens (including phenoxy) is 2. The van der Waals surface area contributed by atoms with Crippen LogP contribution in [0.15, 0.2) is 84.9 Å². The molecule has 0 spiro atoms. The van der Waals surface area contributed by atoms with Crippen LogP contribution in [0.5, 0.6) is 11.5 Å². The number of methoxy groups -OCH3 is 2. The summed E-state index contributed by atoms with van der Waals surface area (Å²) in [6, 6.07) is 22.2. The van der Waals surface area contributed by atoms with E-state index < -0.39 is 12.1 Å². The first-order chi connectivity index (χ1) is 22.0. The Balaban J connectivity index is 1.32. The Bertz CT molecular complexity index is 1840. The average Bonchev–Trinajstić information content (AvgIpc) is 3.42. The van der Waals surface area contributed by atoms with Crippen molar-refractivity contribution >= 4 is 104 Å². The molecular formula is C32H22Cl2N6O4S2. The third kappa shape index (κ3) is 5.14. The lowest BCUT2D eigenvalue weighted by Gasteiger charge is -2.21. The molecule has 0 unspecified atom stereocenters. The first-order valence-electron chi connectivity index (χ1n) is 13.5. The van der Waals surface area contributed by atoms with E-state index in [1.807, 2.05) is 0 Å². The van der Waals surface area contributed by atoms with Gasteiger partial charge in [-0.05, 0) is 72.8 Å². The molecular weight excluding hydrogens is 667 g/mol. The topological polar surface area (TPSA) is 113 Å². The molecule has 10 nitrogen and oxygen atoms in total. The van der Waals surface area contributed by atoms with Crippen molar-refractivity contribution in [2.45, 2.75) is 0 Å². The highest BCUT2D eigenvalue weighted by atomic mass is 35.5. The zero-order valence-electron chi connectivity index (χ0n) is 24.1. The molecule has 4 amide bonds. The lowest BCUT2D eigenvalue weighted by atomic mass is 10.0. The van der Waals surface area contributed by atoms with Crippen molar-refractivity contribution in [3.8, 4) is 22.6 Å². The van der Waals surface area contributed by atoms with Gasteiger partial charge in [-0.3, -0.25) is 10.8 Å². The van der Waals surface area contributed by atoms with E-state index in [0.29, 0.717) is 55.4 Å². The molecule has 14 heteroatoms. The second kappa shape index (κ2) is 12.1. The number of hydrogen-bond donors (Lipinski definition) is 2. The zero-order valence-corrected chi connectivity index (χ0v) is 27.2. The number of thiocarbonyl (C=S) groups is 2. The molecule has 2 aliphatic heterocycles. The molecule has 2 aliphatic rings. The Morgan fingerprint density at radius 3 is 1.20 bits per heavy atom. The lowest BCUT2D eigenvalue weighted by Crippen LogP contribution is -2.33. The van der Waals surface area contributed by atoms with Crippen LogP contribution in [0.25, 0.3) is 11.1 Å². The number of amidine groups is 2. The Hall–Kier alpha value is -4.88. The highest BCUT2D eigenvalue weighted by Gasteiger charge is 2.42. The van der Waals surface area contributed by atoms with E-state index in [-0.39, 0.29) is 21.6 Å². The molecule has 4 aromatic carbocycles. The Labute approximate surface area is 284 Å². The van der Waals surface area contributed by atoms with Gasteiger partial charge in [0.15, 0.2) is 21.6 Å². The van der Waals surface area contributed by atoms with E-state index in [4.69, 9.17) is 67.9 Å². The highest BCUT2D eigenvalue weighted by Crippen LogP contribution is 2.42. The summed E-state index contributed by atoms with van der Waals surface area (Å²) >= 11 is 22.9. The summed E-state index contributed by atoms with van der Waals surface area (Å²) in [7, 11) is 2.98. The van der Waals surface area contributed by atoms with Crippen LogP contribution < -0.4 is 29.1 Å². The van der Waals surface area contributed by atoms with Crippen molar-refractivity contribution in [3.63, 3.8) is 0 Å². The van der Waals surface area contributed by atoms with Crippen LogP contribution >= 0.6 is 47.6 Å². The van der Waals surface area contributed by atoms with E-state index in [2.05, 4.69) is 0 Å². The minimum absolute atomic E-state index is 0.0451. The quantitative estimate of drug-likeness (QED) is 0.189. The Kier molecular flexibility index (Phi) is 8.21. The van der Waals surface area contributed by atoms with Crippen molar-refractivity contribution in [3.05, 3.63) is 95.0 Å². The lowest BCUT2D eigenvalue weighted by molar-refractivity contribution is 0.256. The third-order valence-corrected chi connectivity index (χ3v) is 8.63. The number of carbonyl (C=O) groups is 2. The van der Waals surface area contributed by atoms with E-state index >= 15 is 0 Å². The van der Waals surface area contributed by atoms with Gasteiger partial charge in [0, 0.05) is 33.3 Å². The number of nitrogens with one attached hydrogen (secondary N) is 2. The Morgan fingerprint density at radius 1 is 0.543 bits per heavy atom. The molecule has 6 rings (SSSR count). The normalized spacial score (nSPS) is 15.0. The van der Waals surface area contributed by atoms with Crippen molar-refractivity contribution < 1.29 is 19.1 Å². The van der Waals surface area contributed by atoms with Crippen molar-refractivity contribution in [2.75, 3.05) is 33.8 Å². The number of anilines is 4. The van der Waals surface area contributed by atoms with Gasteiger partial charge in [0.25, 0.3) is 0 Å². The van der Waals surface area contributed by atoms with Crippen LogP contribution in [0, 0.1) is 10.8 Å². The van der Waals surface area contributed by atoms with Gasteiger partial charge in [-0.25, -0.2) is 29.2 Å². The third-order valence-electron chi connectivity index (χ3n) is 7.37. The van der Waals surface area contributed by atoms with Gasteiger partial charge in [0.1, 0.15) is 11.5 Å². The summed E-state index contributed by atoms with van der Waals surface area (Å²) in [6.45, 7) is 0. The van der Waals surface area contributed by atoms with Gasteiger partial charge in [0.2, 0.25) is 0 Å². The molecule has 0 saturated carbocycles. The molecule has 2 fully saturated rings. The second-order valence-corrected chi connectivity index (χ2v) is 11.6. The van der Waals surface area contributed by atoms with Gasteiger partial charge >= 0.3 is 12.1 Å². The number of rotatable bonds is 7. The summed E-state index contributed by atoms with van der Waals surface area (Å²) in [5, 5.41) is 18.2. The molecule has 0 aliphatic carbocycles. The van der Waals surface area contributed by atoms with Gasteiger partial charge in [-0.1, -0.05) is 47.6 Å². The highest BCUT2D eigenvalue weighted by molar-refractivity contribution is 7.83. The first-order valence-corrected chi connectivity index (χ1v) is 15.0. The van der Waals surface area contributed by atoms with Crippen molar-refractivity contribution in [2.24, 2.45) is 0 Å². The smallest absolute Gasteiger partial charge is 0.340 e. The second-order valence-electron chi connectivity index (χ2n) is 9.94. The molecule has 2 N–H and O–H groups in total. The predicted molar refractivity (Wildman–Crippen MR) is 189 cm³/mol. The number of carbonyl (C=O) groups excluding carboxylic acids is 2. The number of benzene rings is 4. The average molecular weight is 690 g/mol. The number of urea groups is 2. The number of hydrogen-bond acceptors (Lipinski definition) is 8. The standard InChI is InChI=1S/C32H22Cl2N6O4S2/c1-43-25-15-21(37-27(35)29(45)39(31(37)41)19-7-3-17(33)4-8-19)11-13-23(25)24-14-12-22(16-26(24)44-2)38-28(36)30(46)40(32(38)42)20-9-5-18(34)6-10-20/h3-16,35-36H,1-2H3. The fraction of sp³-hybridized carbons (Fsp3) is 0.0625.